The molecule has 4 aromatic rings. The first-order chi connectivity index (χ1) is 16.7. The number of aryl methyl sites for hydroxylation is 1. The van der Waals surface area contributed by atoms with E-state index in [2.05, 4.69) is 29.6 Å². The van der Waals surface area contributed by atoms with Crippen LogP contribution in [-0.4, -0.2) is 29.8 Å². The van der Waals surface area contributed by atoms with Crippen molar-refractivity contribution in [1.82, 2.24) is 10.2 Å². The highest BCUT2D eigenvalue weighted by atomic mass is 16.2. The van der Waals surface area contributed by atoms with Gasteiger partial charge in [-0.25, -0.2) is 0 Å². The fraction of sp³-hybridized carbons (Fsp3) is 0.200. The second kappa shape index (κ2) is 11.3. The molecule has 4 rings (SSSR count). The lowest BCUT2D eigenvalue weighted by Crippen LogP contribution is -2.49. The van der Waals surface area contributed by atoms with Crippen LogP contribution in [0.3, 0.4) is 0 Å². The van der Waals surface area contributed by atoms with E-state index in [9.17, 15) is 9.59 Å². The molecule has 0 unspecified atom stereocenters. The van der Waals surface area contributed by atoms with Crippen molar-refractivity contribution in [2.24, 2.45) is 0 Å². The number of fused-ring (bicyclic) bond motifs is 1. The van der Waals surface area contributed by atoms with Crippen LogP contribution in [-0.2, 0) is 29.0 Å². The summed E-state index contributed by atoms with van der Waals surface area (Å²) in [7, 11) is 1.63. The third kappa shape index (κ3) is 5.70. The highest BCUT2D eigenvalue weighted by Crippen LogP contribution is 2.21. The van der Waals surface area contributed by atoms with Gasteiger partial charge in [-0.15, -0.1) is 0 Å². The maximum atomic E-state index is 13.7. The largest absolute Gasteiger partial charge is 0.357 e. The topological polar surface area (TPSA) is 49.4 Å². The Morgan fingerprint density at radius 2 is 1.38 bits per heavy atom. The van der Waals surface area contributed by atoms with E-state index in [4.69, 9.17) is 0 Å². The summed E-state index contributed by atoms with van der Waals surface area (Å²) in [6.45, 7) is 0.389. The molecule has 4 heteroatoms. The minimum absolute atomic E-state index is 0.0266. The molecule has 34 heavy (non-hydrogen) atoms. The first-order valence-electron chi connectivity index (χ1n) is 11.7. The van der Waals surface area contributed by atoms with E-state index < -0.39 is 6.04 Å². The second-order valence-corrected chi connectivity index (χ2v) is 8.47. The fourth-order valence-corrected chi connectivity index (χ4v) is 4.40. The summed E-state index contributed by atoms with van der Waals surface area (Å²) in [4.78, 5) is 28.4. The first-order valence-corrected chi connectivity index (χ1v) is 11.7. The normalized spacial score (nSPS) is 11.7. The molecular formula is C30H30N2O2. The van der Waals surface area contributed by atoms with Crippen LogP contribution in [0.2, 0.25) is 0 Å². The minimum Gasteiger partial charge on any atom is -0.357 e. The molecule has 0 aliphatic heterocycles. The molecule has 0 saturated carbocycles. The molecule has 0 radical (unpaired) electrons. The van der Waals surface area contributed by atoms with Gasteiger partial charge in [0.05, 0.1) is 0 Å². The fourth-order valence-electron chi connectivity index (χ4n) is 4.40. The van der Waals surface area contributed by atoms with Crippen LogP contribution in [0, 0.1) is 0 Å². The Hall–Kier alpha value is -3.92. The van der Waals surface area contributed by atoms with Crippen LogP contribution in [0.1, 0.15) is 23.1 Å². The average Bonchev–Trinajstić information content (AvgIpc) is 2.90. The van der Waals surface area contributed by atoms with Crippen LogP contribution < -0.4 is 5.32 Å². The van der Waals surface area contributed by atoms with Crippen LogP contribution in [0.25, 0.3) is 10.8 Å². The molecule has 1 atom stereocenters. The van der Waals surface area contributed by atoms with E-state index in [1.807, 2.05) is 78.9 Å². The molecule has 172 valence electrons. The molecule has 0 aromatic heterocycles. The number of nitrogens with one attached hydrogen (secondary N) is 1. The monoisotopic (exact) mass is 450 g/mol. The molecule has 0 bridgehead atoms. The van der Waals surface area contributed by atoms with E-state index in [-0.39, 0.29) is 11.8 Å². The van der Waals surface area contributed by atoms with Gasteiger partial charge in [0.2, 0.25) is 11.8 Å². The number of benzene rings is 4. The van der Waals surface area contributed by atoms with Crippen molar-refractivity contribution in [3.8, 4) is 0 Å². The quantitative estimate of drug-likeness (QED) is 0.383. The Balaban J connectivity index is 1.60. The van der Waals surface area contributed by atoms with Crippen molar-refractivity contribution in [2.45, 2.75) is 31.8 Å². The molecule has 2 amide bonds. The van der Waals surface area contributed by atoms with Crippen molar-refractivity contribution in [3.05, 3.63) is 120 Å². The molecule has 0 spiro atoms. The molecule has 4 nitrogen and oxygen atoms in total. The van der Waals surface area contributed by atoms with E-state index in [1.54, 1.807) is 11.9 Å². The third-order valence-corrected chi connectivity index (χ3v) is 6.20. The zero-order chi connectivity index (χ0) is 23.8. The van der Waals surface area contributed by atoms with Gasteiger partial charge in [0.15, 0.2) is 0 Å². The molecule has 0 heterocycles. The van der Waals surface area contributed by atoms with Gasteiger partial charge in [0.25, 0.3) is 0 Å². The lowest BCUT2D eigenvalue weighted by molar-refractivity contribution is -0.141. The van der Waals surface area contributed by atoms with E-state index in [0.29, 0.717) is 25.8 Å². The maximum absolute atomic E-state index is 13.7. The standard InChI is InChI=1S/C30H30N2O2/c1-31-30(34)28(21-23-11-4-2-5-12-23)32(22-24-13-6-3-7-14-24)29(33)20-19-26-17-10-16-25-15-8-9-18-27(25)26/h2-18,28H,19-22H2,1H3,(H,31,34)/t28-/m0/s1. The number of hydrogen-bond donors (Lipinski definition) is 1. The summed E-state index contributed by atoms with van der Waals surface area (Å²) >= 11 is 0. The van der Waals surface area contributed by atoms with Crippen LogP contribution in [0.4, 0.5) is 0 Å². The Morgan fingerprint density at radius 3 is 2.09 bits per heavy atom. The van der Waals surface area contributed by atoms with Crippen LogP contribution >= 0.6 is 0 Å². The van der Waals surface area contributed by atoms with Crippen molar-refractivity contribution in [3.63, 3.8) is 0 Å². The number of rotatable bonds is 9. The Bertz CT molecular complexity index is 1230. The second-order valence-electron chi connectivity index (χ2n) is 8.47. The van der Waals surface area contributed by atoms with Gasteiger partial charge in [-0.05, 0) is 33.9 Å². The van der Waals surface area contributed by atoms with Gasteiger partial charge in [-0.3, -0.25) is 9.59 Å². The highest BCUT2D eigenvalue weighted by molar-refractivity contribution is 5.89. The lowest BCUT2D eigenvalue weighted by Gasteiger charge is -2.31. The Kier molecular flexibility index (Phi) is 7.71. The summed E-state index contributed by atoms with van der Waals surface area (Å²) in [5, 5.41) is 5.11. The molecule has 1 N–H and O–H groups in total. The number of likely N-dealkylation sites (N-methyl/N-ethyl adjacent to an activating group) is 1. The number of amides is 2. The number of nitrogens with zero attached hydrogens (tertiary/aromatic N) is 1. The zero-order valence-electron chi connectivity index (χ0n) is 19.5. The Labute approximate surface area is 201 Å². The molecular weight excluding hydrogens is 420 g/mol. The average molecular weight is 451 g/mol. The first kappa shape index (κ1) is 23.2. The molecule has 0 fully saturated rings. The molecule has 0 aliphatic rings. The minimum atomic E-state index is -0.590. The van der Waals surface area contributed by atoms with Crippen molar-refractivity contribution in [2.75, 3.05) is 7.05 Å². The van der Waals surface area contributed by atoms with E-state index >= 15 is 0 Å². The lowest BCUT2D eigenvalue weighted by atomic mass is 9.99. The van der Waals surface area contributed by atoms with E-state index in [1.165, 1.54) is 10.8 Å². The Morgan fingerprint density at radius 1 is 0.765 bits per heavy atom. The van der Waals surface area contributed by atoms with Gasteiger partial charge < -0.3 is 10.2 Å². The van der Waals surface area contributed by atoms with Gasteiger partial charge >= 0.3 is 0 Å². The smallest absolute Gasteiger partial charge is 0.242 e. The van der Waals surface area contributed by atoms with Crippen LogP contribution in [0.15, 0.2) is 103 Å². The van der Waals surface area contributed by atoms with Gasteiger partial charge in [-0.2, -0.15) is 0 Å². The SMILES string of the molecule is CNC(=O)[C@H](Cc1ccccc1)N(Cc1ccccc1)C(=O)CCc1cccc2ccccc12. The predicted molar refractivity (Wildman–Crippen MR) is 137 cm³/mol. The van der Waals surface area contributed by atoms with Crippen molar-refractivity contribution >= 4 is 22.6 Å². The van der Waals surface area contributed by atoms with Gasteiger partial charge in [-0.1, -0.05) is 103 Å². The number of carbonyl (C=O) groups is 2. The number of carbonyl (C=O) groups excluding carboxylic acids is 2. The summed E-state index contributed by atoms with van der Waals surface area (Å²) in [6, 6.07) is 33.6. The molecule has 0 saturated heterocycles. The van der Waals surface area contributed by atoms with Crippen molar-refractivity contribution in [1.29, 1.82) is 0 Å². The summed E-state index contributed by atoms with van der Waals surface area (Å²) in [5.74, 6) is -0.181. The highest BCUT2D eigenvalue weighted by Gasteiger charge is 2.29. The molecule has 4 aromatic carbocycles. The zero-order valence-corrected chi connectivity index (χ0v) is 19.5. The number of hydrogen-bond acceptors (Lipinski definition) is 2. The molecule has 0 aliphatic carbocycles. The van der Waals surface area contributed by atoms with Crippen LogP contribution in [0.5, 0.6) is 0 Å². The predicted octanol–water partition coefficient (Wildman–Crippen LogP) is 5.16. The van der Waals surface area contributed by atoms with Crippen molar-refractivity contribution < 1.29 is 9.59 Å². The van der Waals surface area contributed by atoms with Gasteiger partial charge in [0, 0.05) is 26.4 Å². The summed E-state index contributed by atoms with van der Waals surface area (Å²) < 4.78 is 0. The summed E-state index contributed by atoms with van der Waals surface area (Å²) in [5.41, 5.74) is 3.17. The van der Waals surface area contributed by atoms with Gasteiger partial charge in [0.1, 0.15) is 6.04 Å². The maximum Gasteiger partial charge on any atom is 0.242 e. The van der Waals surface area contributed by atoms with E-state index in [0.717, 1.165) is 16.7 Å². The summed E-state index contributed by atoms with van der Waals surface area (Å²) in [6.07, 6.45) is 1.42. The third-order valence-electron chi connectivity index (χ3n) is 6.20.